The molecule has 20 heavy (non-hydrogen) atoms. The van der Waals surface area contributed by atoms with Crippen molar-refractivity contribution in [1.29, 1.82) is 5.26 Å². The van der Waals surface area contributed by atoms with Crippen molar-refractivity contribution in [1.82, 2.24) is 9.88 Å². The van der Waals surface area contributed by atoms with E-state index in [9.17, 15) is 0 Å². The van der Waals surface area contributed by atoms with Gasteiger partial charge in [-0.2, -0.15) is 5.26 Å². The van der Waals surface area contributed by atoms with Crippen LogP contribution in [0.2, 0.25) is 0 Å². The van der Waals surface area contributed by atoms with E-state index >= 15 is 0 Å². The Kier molecular flexibility index (Phi) is 5.25. The predicted molar refractivity (Wildman–Crippen MR) is 82.3 cm³/mol. The molecular weight excluding hydrogens is 246 g/mol. The maximum Gasteiger partial charge on any atom is 0.0628 e. The Labute approximate surface area is 123 Å². The lowest BCUT2D eigenvalue weighted by molar-refractivity contribution is 0.430. The molecule has 0 spiro atoms. The second-order valence-corrected chi connectivity index (χ2v) is 6.25. The van der Waals surface area contributed by atoms with Crippen LogP contribution in [0.5, 0.6) is 0 Å². The van der Waals surface area contributed by atoms with E-state index in [1.807, 2.05) is 0 Å². The van der Waals surface area contributed by atoms with Gasteiger partial charge >= 0.3 is 0 Å². The highest BCUT2D eigenvalue weighted by molar-refractivity contribution is 5.16. The van der Waals surface area contributed by atoms with Crippen LogP contribution in [-0.2, 0) is 6.54 Å². The lowest BCUT2D eigenvalue weighted by Crippen LogP contribution is -2.21. The maximum absolute atomic E-state index is 8.91. The molecule has 0 saturated heterocycles. The Balaban J connectivity index is 1.97. The number of nitrogens with zero attached hydrogens (tertiary/aromatic N) is 2. The van der Waals surface area contributed by atoms with Crippen LogP contribution >= 0.6 is 0 Å². The summed E-state index contributed by atoms with van der Waals surface area (Å²) in [4.78, 5) is 0. The summed E-state index contributed by atoms with van der Waals surface area (Å²) in [6, 6.07) is 5.06. The number of nitrogens with one attached hydrogen (secondary N) is 1. The first-order chi connectivity index (χ1) is 9.73. The fraction of sp³-hybridized carbons (Fsp3) is 0.706. The summed E-state index contributed by atoms with van der Waals surface area (Å²) in [5, 5.41) is 12.5. The second-order valence-electron chi connectivity index (χ2n) is 6.25. The molecule has 1 atom stereocenters. The van der Waals surface area contributed by atoms with E-state index in [0.717, 1.165) is 13.1 Å². The van der Waals surface area contributed by atoms with E-state index in [-0.39, 0.29) is 5.41 Å². The van der Waals surface area contributed by atoms with Crippen LogP contribution in [0.1, 0.15) is 64.0 Å². The summed E-state index contributed by atoms with van der Waals surface area (Å²) < 4.78 is 2.29. The van der Waals surface area contributed by atoms with E-state index in [1.54, 1.807) is 0 Å². The standard InChI is InChI=1S/C17H27N3/c1-3-5-16(19-11-4-2)15-6-12-20(13-15)14-17(7-8-17)9-10-18/h6,12-13,16,19H,3-5,7-9,11,14H2,1-2H3. The highest BCUT2D eigenvalue weighted by Crippen LogP contribution is 2.50. The molecule has 1 saturated carbocycles. The second kappa shape index (κ2) is 6.95. The summed E-state index contributed by atoms with van der Waals surface area (Å²) in [6.07, 6.45) is 11.1. The number of aromatic nitrogens is 1. The lowest BCUT2D eigenvalue weighted by atomic mass is 10.0. The molecule has 1 N–H and O–H groups in total. The molecule has 1 aliphatic carbocycles. The maximum atomic E-state index is 8.91. The number of nitriles is 1. The molecule has 1 aromatic heterocycles. The Morgan fingerprint density at radius 2 is 2.20 bits per heavy atom. The molecule has 110 valence electrons. The minimum absolute atomic E-state index is 0.280. The molecule has 1 fully saturated rings. The Morgan fingerprint density at radius 1 is 1.40 bits per heavy atom. The van der Waals surface area contributed by atoms with Crippen molar-refractivity contribution >= 4 is 0 Å². The normalized spacial score (nSPS) is 17.6. The summed E-state index contributed by atoms with van der Waals surface area (Å²) in [7, 11) is 0. The first-order valence-electron chi connectivity index (χ1n) is 7.99. The van der Waals surface area contributed by atoms with E-state index in [4.69, 9.17) is 5.26 Å². The SMILES string of the molecule is CCCNC(CCC)c1ccn(CC2(CC#N)CC2)c1. The lowest BCUT2D eigenvalue weighted by Gasteiger charge is -2.17. The average molecular weight is 273 g/mol. The van der Waals surface area contributed by atoms with Gasteiger partial charge in [0.15, 0.2) is 0 Å². The molecule has 0 amide bonds. The van der Waals surface area contributed by atoms with Crippen LogP contribution in [0.25, 0.3) is 0 Å². The monoisotopic (exact) mass is 273 g/mol. The average Bonchev–Trinajstić information content (AvgIpc) is 3.02. The zero-order valence-electron chi connectivity index (χ0n) is 12.9. The molecule has 3 heteroatoms. The van der Waals surface area contributed by atoms with Gasteiger partial charge in [-0.25, -0.2) is 0 Å². The van der Waals surface area contributed by atoms with Crippen LogP contribution in [0.4, 0.5) is 0 Å². The molecular formula is C17H27N3. The van der Waals surface area contributed by atoms with Crippen molar-refractivity contribution in [3.05, 3.63) is 24.0 Å². The zero-order valence-corrected chi connectivity index (χ0v) is 12.9. The first-order valence-corrected chi connectivity index (χ1v) is 7.99. The van der Waals surface area contributed by atoms with Gasteiger partial charge in [0, 0.05) is 36.8 Å². The third-order valence-corrected chi connectivity index (χ3v) is 4.32. The molecule has 0 bridgehead atoms. The van der Waals surface area contributed by atoms with Gasteiger partial charge in [0.1, 0.15) is 0 Å². The quantitative estimate of drug-likeness (QED) is 0.738. The number of hydrogen-bond acceptors (Lipinski definition) is 2. The van der Waals surface area contributed by atoms with Gasteiger partial charge in [-0.15, -0.1) is 0 Å². The molecule has 1 heterocycles. The summed E-state index contributed by atoms with van der Waals surface area (Å²) in [5.41, 5.74) is 1.68. The number of rotatable bonds is 9. The van der Waals surface area contributed by atoms with Crippen molar-refractivity contribution in [2.24, 2.45) is 5.41 Å². The van der Waals surface area contributed by atoms with Crippen molar-refractivity contribution in [2.75, 3.05) is 6.54 Å². The molecule has 1 unspecified atom stereocenters. The molecule has 3 nitrogen and oxygen atoms in total. The molecule has 1 aromatic rings. The van der Waals surface area contributed by atoms with Crippen molar-refractivity contribution in [3.8, 4) is 6.07 Å². The predicted octanol–water partition coefficient (Wildman–Crippen LogP) is 4.02. The van der Waals surface area contributed by atoms with Crippen LogP contribution in [0.3, 0.4) is 0 Å². The summed E-state index contributed by atoms with van der Waals surface area (Å²) in [5.74, 6) is 0. The van der Waals surface area contributed by atoms with Crippen LogP contribution in [0.15, 0.2) is 18.5 Å². The minimum Gasteiger partial charge on any atom is -0.353 e. The van der Waals surface area contributed by atoms with E-state index in [0.29, 0.717) is 12.5 Å². The summed E-state index contributed by atoms with van der Waals surface area (Å²) >= 11 is 0. The van der Waals surface area contributed by atoms with Gasteiger partial charge in [0.05, 0.1) is 6.07 Å². The highest BCUT2D eigenvalue weighted by atomic mass is 15.0. The third-order valence-electron chi connectivity index (χ3n) is 4.32. The van der Waals surface area contributed by atoms with Crippen molar-refractivity contribution < 1.29 is 0 Å². The zero-order chi connectivity index (χ0) is 14.4. The molecule has 2 rings (SSSR count). The molecule has 0 aromatic carbocycles. The van der Waals surface area contributed by atoms with Crippen LogP contribution in [0, 0.1) is 16.7 Å². The van der Waals surface area contributed by atoms with Crippen LogP contribution < -0.4 is 5.32 Å². The van der Waals surface area contributed by atoms with E-state index < -0.39 is 0 Å². The third kappa shape index (κ3) is 3.86. The largest absolute Gasteiger partial charge is 0.353 e. The van der Waals surface area contributed by atoms with E-state index in [2.05, 4.69) is 48.3 Å². The summed E-state index contributed by atoms with van der Waals surface area (Å²) in [6.45, 7) is 6.53. The van der Waals surface area contributed by atoms with Crippen molar-refractivity contribution in [2.45, 2.75) is 65.0 Å². The highest BCUT2D eigenvalue weighted by Gasteiger charge is 2.42. The van der Waals surface area contributed by atoms with Crippen LogP contribution in [-0.4, -0.2) is 11.1 Å². The first kappa shape index (κ1) is 15.1. The fourth-order valence-electron chi connectivity index (χ4n) is 2.88. The Bertz CT molecular complexity index is 451. The molecule has 0 radical (unpaired) electrons. The molecule has 0 aliphatic heterocycles. The minimum atomic E-state index is 0.280. The van der Waals surface area contributed by atoms with Gasteiger partial charge in [0.25, 0.3) is 0 Å². The Morgan fingerprint density at radius 3 is 2.80 bits per heavy atom. The van der Waals surface area contributed by atoms with E-state index in [1.165, 1.54) is 37.7 Å². The fourth-order valence-corrected chi connectivity index (χ4v) is 2.88. The number of hydrogen-bond donors (Lipinski definition) is 1. The van der Waals surface area contributed by atoms with Gasteiger partial charge in [-0.3, -0.25) is 0 Å². The molecule has 1 aliphatic rings. The van der Waals surface area contributed by atoms with Gasteiger partial charge < -0.3 is 9.88 Å². The van der Waals surface area contributed by atoms with Gasteiger partial charge in [0.2, 0.25) is 0 Å². The Hall–Kier alpha value is -1.27. The van der Waals surface area contributed by atoms with Gasteiger partial charge in [-0.1, -0.05) is 20.3 Å². The van der Waals surface area contributed by atoms with Gasteiger partial charge in [-0.05, 0) is 43.9 Å². The smallest absolute Gasteiger partial charge is 0.0628 e. The van der Waals surface area contributed by atoms with Crippen molar-refractivity contribution in [3.63, 3.8) is 0 Å². The topological polar surface area (TPSA) is 40.8 Å².